The molecule has 0 fully saturated rings. The van der Waals surface area contributed by atoms with Crippen molar-refractivity contribution in [1.29, 1.82) is 0 Å². The summed E-state index contributed by atoms with van der Waals surface area (Å²) in [6.07, 6.45) is -6.50. The van der Waals surface area contributed by atoms with Gasteiger partial charge >= 0.3 is 12.1 Å². The van der Waals surface area contributed by atoms with Crippen LogP contribution < -0.4 is 9.47 Å². The van der Waals surface area contributed by atoms with Crippen LogP contribution in [0.4, 0.5) is 13.2 Å². The molecule has 1 aliphatic rings. The van der Waals surface area contributed by atoms with E-state index >= 15 is 0 Å². The van der Waals surface area contributed by atoms with Crippen molar-refractivity contribution in [2.75, 3.05) is 0 Å². The Morgan fingerprint density at radius 2 is 1.85 bits per heavy atom. The number of aryl methyl sites for hydroxylation is 2. The van der Waals surface area contributed by atoms with Crippen molar-refractivity contribution in [3.05, 3.63) is 57.6 Å². The van der Waals surface area contributed by atoms with Gasteiger partial charge in [-0.15, -0.1) is 0 Å². The Labute approximate surface area is 157 Å². The molecule has 0 saturated carbocycles. The summed E-state index contributed by atoms with van der Waals surface area (Å²) in [5.74, 6) is -1.41. The average molecular weight is 399 g/mol. The second-order valence-corrected chi connectivity index (χ2v) is 6.49. The third-order valence-corrected chi connectivity index (χ3v) is 4.46. The molecule has 0 spiro atoms. The van der Waals surface area contributed by atoms with Crippen molar-refractivity contribution in [2.45, 2.75) is 26.1 Å². The van der Waals surface area contributed by atoms with Gasteiger partial charge in [0.1, 0.15) is 17.2 Å². The summed E-state index contributed by atoms with van der Waals surface area (Å²) in [6.45, 7) is 3.74. The first kappa shape index (κ1) is 19.1. The van der Waals surface area contributed by atoms with Crippen LogP contribution in [0.25, 0.3) is 6.08 Å². The number of aliphatic carboxylic acids is 1. The molecule has 0 aromatic heterocycles. The van der Waals surface area contributed by atoms with E-state index in [1.165, 1.54) is 18.2 Å². The van der Waals surface area contributed by atoms with Gasteiger partial charge in [0.2, 0.25) is 6.10 Å². The van der Waals surface area contributed by atoms with E-state index in [9.17, 15) is 23.1 Å². The summed E-state index contributed by atoms with van der Waals surface area (Å²) in [4.78, 5) is 11.3. The molecule has 27 heavy (non-hydrogen) atoms. The monoisotopic (exact) mass is 398 g/mol. The van der Waals surface area contributed by atoms with Crippen molar-refractivity contribution in [1.82, 2.24) is 0 Å². The number of alkyl halides is 3. The van der Waals surface area contributed by atoms with Crippen LogP contribution in [0.2, 0.25) is 5.02 Å². The number of halogens is 4. The van der Waals surface area contributed by atoms with Crippen LogP contribution in [-0.2, 0) is 4.79 Å². The first-order chi connectivity index (χ1) is 12.6. The smallest absolute Gasteiger partial charge is 0.430 e. The molecule has 1 atom stereocenters. The van der Waals surface area contributed by atoms with Crippen LogP contribution in [-0.4, -0.2) is 23.4 Å². The lowest BCUT2D eigenvalue weighted by Gasteiger charge is -2.27. The second-order valence-electron chi connectivity index (χ2n) is 6.08. The number of ether oxygens (including phenoxy) is 2. The molecule has 0 radical (unpaired) electrons. The third-order valence-electron chi connectivity index (χ3n) is 4.17. The summed E-state index contributed by atoms with van der Waals surface area (Å²) < 4.78 is 50.1. The Morgan fingerprint density at radius 3 is 2.48 bits per heavy atom. The number of rotatable bonds is 3. The minimum atomic E-state index is -4.86. The zero-order chi connectivity index (χ0) is 19.9. The zero-order valence-corrected chi connectivity index (χ0v) is 15.0. The Morgan fingerprint density at radius 1 is 1.19 bits per heavy atom. The molecule has 1 aliphatic heterocycles. The van der Waals surface area contributed by atoms with Crippen molar-refractivity contribution in [3.63, 3.8) is 0 Å². The van der Waals surface area contributed by atoms with Gasteiger partial charge in [0.15, 0.2) is 0 Å². The van der Waals surface area contributed by atoms with Gasteiger partial charge < -0.3 is 14.6 Å². The number of carboxylic acid groups (broad SMARTS) is 1. The SMILES string of the molecule is Cc1cc(Cl)c(Oc2cccc3c2C=C(C(=O)O)C(C(F)(F)F)O3)cc1C. The lowest BCUT2D eigenvalue weighted by molar-refractivity contribution is -0.187. The molecular weight excluding hydrogens is 385 g/mol. The average Bonchev–Trinajstić information content (AvgIpc) is 2.58. The Bertz CT molecular complexity index is 951. The van der Waals surface area contributed by atoms with E-state index < -0.39 is 23.8 Å². The molecule has 1 heterocycles. The number of benzene rings is 2. The van der Waals surface area contributed by atoms with E-state index in [1.807, 2.05) is 13.8 Å². The normalized spacial score (nSPS) is 16.2. The minimum Gasteiger partial charge on any atom is -0.478 e. The number of hydrogen-bond donors (Lipinski definition) is 1. The van der Waals surface area contributed by atoms with E-state index in [-0.39, 0.29) is 17.1 Å². The molecule has 4 nitrogen and oxygen atoms in total. The van der Waals surface area contributed by atoms with Crippen LogP contribution in [0, 0.1) is 13.8 Å². The highest BCUT2D eigenvalue weighted by Gasteiger charge is 2.48. The van der Waals surface area contributed by atoms with E-state index in [0.717, 1.165) is 17.2 Å². The van der Waals surface area contributed by atoms with E-state index in [2.05, 4.69) is 0 Å². The van der Waals surface area contributed by atoms with Gasteiger partial charge in [-0.2, -0.15) is 13.2 Å². The first-order valence-corrected chi connectivity index (χ1v) is 8.21. The Hall–Kier alpha value is -2.67. The fourth-order valence-electron chi connectivity index (χ4n) is 2.65. The summed E-state index contributed by atoms with van der Waals surface area (Å²) in [6, 6.07) is 7.67. The number of carbonyl (C=O) groups is 1. The van der Waals surface area contributed by atoms with Gasteiger partial charge in [-0.3, -0.25) is 0 Å². The summed E-state index contributed by atoms with van der Waals surface area (Å²) >= 11 is 6.18. The highest BCUT2D eigenvalue weighted by molar-refractivity contribution is 6.32. The Balaban J connectivity index is 2.07. The molecule has 142 valence electrons. The molecule has 1 unspecified atom stereocenters. The highest BCUT2D eigenvalue weighted by atomic mass is 35.5. The van der Waals surface area contributed by atoms with Crippen LogP contribution in [0.3, 0.4) is 0 Å². The number of hydrogen-bond acceptors (Lipinski definition) is 3. The molecule has 2 aromatic rings. The quantitative estimate of drug-likeness (QED) is 0.737. The van der Waals surface area contributed by atoms with Crippen LogP contribution in [0.5, 0.6) is 17.2 Å². The standard InChI is InChI=1S/C19H14ClF3O4/c1-9-6-13(20)16(7-10(9)2)26-14-4-3-5-15-11(14)8-12(18(24)25)17(27-15)19(21,22)23/h3-8,17H,1-2H3,(H,24,25). The maximum atomic E-state index is 13.2. The van der Waals surface area contributed by atoms with Gasteiger partial charge in [0.25, 0.3) is 0 Å². The summed E-state index contributed by atoms with van der Waals surface area (Å²) in [7, 11) is 0. The maximum Gasteiger partial charge on any atom is 0.430 e. The largest absolute Gasteiger partial charge is 0.478 e. The molecule has 0 aliphatic carbocycles. The van der Waals surface area contributed by atoms with E-state index in [4.69, 9.17) is 21.1 Å². The number of fused-ring (bicyclic) bond motifs is 1. The fraction of sp³-hybridized carbons (Fsp3) is 0.211. The lowest BCUT2D eigenvalue weighted by atomic mass is 10.0. The summed E-state index contributed by atoms with van der Waals surface area (Å²) in [5, 5.41) is 9.50. The second kappa shape index (κ2) is 6.81. The predicted molar refractivity (Wildman–Crippen MR) is 93.5 cm³/mol. The molecule has 0 saturated heterocycles. The van der Waals surface area contributed by atoms with Crippen LogP contribution >= 0.6 is 11.6 Å². The minimum absolute atomic E-state index is 0.102. The van der Waals surface area contributed by atoms with Gasteiger partial charge in [-0.05, 0) is 55.3 Å². The van der Waals surface area contributed by atoms with Gasteiger partial charge in [-0.25, -0.2) is 4.79 Å². The molecule has 2 aromatic carbocycles. The first-order valence-electron chi connectivity index (χ1n) is 7.84. The maximum absolute atomic E-state index is 13.2. The molecule has 3 rings (SSSR count). The van der Waals surface area contributed by atoms with Crippen molar-refractivity contribution in [2.24, 2.45) is 0 Å². The van der Waals surface area contributed by atoms with Crippen molar-refractivity contribution < 1.29 is 32.5 Å². The molecule has 8 heteroatoms. The molecular formula is C19H14ClF3O4. The topological polar surface area (TPSA) is 55.8 Å². The zero-order valence-electron chi connectivity index (χ0n) is 14.2. The van der Waals surface area contributed by atoms with Gasteiger partial charge in [0, 0.05) is 0 Å². The van der Waals surface area contributed by atoms with E-state index in [0.29, 0.717) is 10.8 Å². The fourth-order valence-corrected chi connectivity index (χ4v) is 2.90. The van der Waals surface area contributed by atoms with Crippen molar-refractivity contribution >= 4 is 23.6 Å². The van der Waals surface area contributed by atoms with Crippen molar-refractivity contribution in [3.8, 4) is 17.2 Å². The van der Waals surface area contributed by atoms with Gasteiger partial charge in [-0.1, -0.05) is 17.7 Å². The van der Waals surface area contributed by atoms with Gasteiger partial charge in [0.05, 0.1) is 16.2 Å². The lowest BCUT2D eigenvalue weighted by Crippen LogP contribution is -2.40. The highest BCUT2D eigenvalue weighted by Crippen LogP contribution is 2.43. The molecule has 1 N–H and O–H groups in total. The summed E-state index contributed by atoms with van der Waals surface area (Å²) in [5.41, 5.74) is 1.04. The van der Waals surface area contributed by atoms with E-state index in [1.54, 1.807) is 12.1 Å². The molecule has 0 amide bonds. The Kier molecular flexibility index (Phi) is 4.82. The number of carboxylic acids is 1. The van der Waals surface area contributed by atoms with Crippen LogP contribution in [0.15, 0.2) is 35.9 Å². The third kappa shape index (κ3) is 3.73. The molecule has 0 bridgehead atoms. The van der Waals surface area contributed by atoms with Crippen LogP contribution in [0.1, 0.15) is 16.7 Å². The predicted octanol–water partition coefficient (Wildman–Crippen LogP) is 5.54.